The maximum absolute atomic E-state index is 10.9. The molecule has 0 aliphatic carbocycles. The van der Waals surface area contributed by atoms with E-state index in [-0.39, 0.29) is 5.56 Å². The van der Waals surface area contributed by atoms with Crippen molar-refractivity contribution in [1.82, 2.24) is 4.98 Å². The van der Waals surface area contributed by atoms with Crippen LogP contribution in [0.15, 0.2) is 36.5 Å². The van der Waals surface area contributed by atoms with Gasteiger partial charge in [-0.1, -0.05) is 0 Å². The summed E-state index contributed by atoms with van der Waals surface area (Å²) < 4.78 is 10.4. The third-order valence-electron chi connectivity index (χ3n) is 2.96. The zero-order chi connectivity index (χ0) is 15.2. The van der Waals surface area contributed by atoms with Gasteiger partial charge in [-0.2, -0.15) is 0 Å². The van der Waals surface area contributed by atoms with E-state index in [0.29, 0.717) is 23.9 Å². The SMILES string of the molecule is COc1ccc(CNc2cc(C(=O)O)ccn2)c(OC)c1. The van der Waals surface area contributed by atoms with Crippen LogP contribution in [0.3, 0.4) is 0 Å². The molecule has 1 heterocycles. The van der Waals surface area contributed by atoms with Gasteiger partial charge < -0.3 is 19.9 Å². The molecule has 1 aromatic heterocycles. The molecule has 0 saturated carbocycles. The fourth-order valence-corrected chi connectivity index (χ4v) is 1.84. The summed E-state index contributed by atoms with van der Waals surface area (Å²) in [6.45, 7) is 0.462. The monoisotopic (exact) mass is 288 g/mol. The second-order valence-corrected chi connectivity index (χ2v) is 4.27. The molecule has 2 aromatic rings. The van der Waals surface area contributed by atoms with Crippen LogP contribution in [0.1, 0.15) is 15.9 Å². The maximum atomic E-state index is 10.9. The minimum Gasteiger partial charge on any atom is -0.497 e. The van der Waals surface area contributed by atoms with E-state index in [1.807, 2.05) is 12.1 Å². The first-order valence-electron chi connectivity index (χ1n) is 6.28. The Balaban J connectivity index is 2.12. The van der Waals surface area contributed by atoms with E-state index in [1.54, 1.807) is 20.3 Å². The van der Waals surface area contributed by atoms with Gasteiger partial charge in [0.15, 0.2) is 0 Å². The highest BCUT2D eigenvalue weighted by Gasteiger charge is 2.07. The highest BCUT2D eigenvalue weighted by atomic mass is 16.5. The van der Waals surface area contributed by atoms with E-state index in [2.05, 4.69) is 10.3 Å². The van der Waals surface area contributed by atoms with E-state index < -0.39 is 5.97 Å². The molecule has 0 atom stereocenters. The molecular formula is C15H16N2O4. The number of pyridine rings is 1. The molecule has 2 N–H and O–H groups in total. The van der Waals surface area contributed by atoms with Crippen molar-refractivity contribution < 1.29 is 19.4 Å². The number of carboxylic acids is 1. The number of hydrogen-bond donors (Lipinski definition) is 2. The first-order chi connectivity index (χ1) is 10.1. The first kappa shape index (κ1) is 14.6. The number of nitrogens with one attached hydrogen (secondary N) is 1. The van der Waals surface area contributed by atoms with Crippen molar-refractivity contribution in [2.24, 2.45) is 0 Å². The molecule has 110 valence electrons. The van der Waals surface area contributed by atoms with Crippen LogP contribution in [0, 0.1) is 0 Å². The molecule has 1 aromatic carbocycles. The van der Waals surface area contributed by atoms with Crippen molar-refractivity contribution >= 4 is 11.8 Å². The Morgan fingerprint density at radius 2 is 2.05 bits per heavy atom. The number of ether oxygens (including phenoxy) is 2. The molecule has 0 saturated heterocycles. The molecule has 0 spiro atoms. The fraction of sp³-hybridized carbons (Fsp3) is 0.200. The molecule has 0 bridgehead atoms. The lowest BCUT2D eigenvalue weighted by atomic mass is 10.2. The Morgan fingerprint density at radius 1 is 1.24 bits per heavy atom. The Morgan fingerprint density at radius 3 is 2.71 bits per heavy atom. The lowest BCUT2D eigenvalue weighted by Gasteiger charge is -2.11. The van der Waals surface area contributed by atoms with Gasteiger partial charge in [-0.05, 0) is 24.3 Å². The Hall–Kier alpha value is -2.76. The quantitative estimate of drug-likeness (QED) is 0.849. The van der Waals surface area contributed by atoms with Gasteiger partial charge in [-0.3, -0.25) is 0 Å². The standard InChI is InChI=1S/C15H16N2O4/c1-20-12-4-3-11(13(8-12)21-2)9-17-14-7-10(15(18)19)5-6-16-14/h3-8H,9H2,1-2H3,(H,16,17)(H,18,19). The van der Waals surface area contributed by atoms with Crippen LogP contribution in [-0.2, 0) is 6.54 Å². The summed E-state index contributed by atoms with van der Waals surface area (Å²) in [4.78, 5) is 15.0. The molecule has 0 aliphatic heterocycles. The summed E-state index contributed by atoms with van der Waals surface area (Å²) >= 11 is 0. The molecule has 2 rings (SSSR count). The summed E-state index contributed by atoms with van der Waals surface area (Å²) in [5.41, 5.74) is 1.11. The second kappa shape index (κ2) is 6.60. The molecule has 6 heteroatoms. The summed E-state index contributed by atoms with van der Waals surface area (Å²) in [6, 6.07) is 8.43. The number of aromatic nitrogens is 1. The predicted octanol–water partition coefficient (Wildman–Crippen LogP) is 2.41. The number of benzene rings is 1. The number of anilines is 1. The van der Waals surface area contributed by atoms with Gasteiger partial charge in [0.2, 0.25) is 0 Å². The number of carboxylic acid groups (broad SMARTS) is 1. The van der Waals surface area contributed by atoms with Crippen molar-refractivity contribution in [3.8, 4) is 11.5 Å². The normalized spacial score (nSPS) is 10.0. The van der Waals surface area contributed by atoms with Crippen molar-refractivity contribution in [3.63, 3.8) is 0 Å². The summed E-state index contributed by atoms with van der Waals surface area (Å²) in [5.74, 6) is 0.910. The van der Waals surface area contributed by atoms with Crippen LogP contribution in [0.2, 0.25) is 0 Å². The number of carbonyl (C=O) groups is 1. The zero-order valence-corrected chi connectivity index (χ0v) is 11.8. The average Bonchev–Trinajstić information content (AvgIpc) is 2.53. The van der Waals surface area contributed by atoms with Gasteiger partial charge in [0.25, 0.3) is 0 Å². The van der Waals surface area contributed by atoms with Crippen molar-refractivity contribution in [1.29, 1.82) is 0 Å². The Labute approximate surface area is 122 Å². The largest absolute Gasteiger partial charge is 0.497 e. The third kappa shape index (κ3) is 3.62. The number of rotatable bonds is 6. The van der Waals surface area contributed by atoms with Gasteiger partial charge in [0.05, 0.1) is 19.8 Å². The number of methoxy groups -OCH3 is 2. The molecule has 0 aliphatic rings. The van der Waals surface area contributed by atoms with E-state index in [9.17, 15) is 4.79 Å². The third-order valence-corrected chi connectivity index (χ3v) is 2.96. The molecule has 21 heavy (non-hydrogen) atoms. The van der Waals surface area contributed by atoms with Crippen LogP contribution < -0.4 is 14.8 Å². The van der Waals surface area contributed by atoms with Crippen molar-refractivity contribution in [2.45, 2.75) is 6.54 Å². The predicted molar refractivity (Wildman–Crippen MR) is 78.1 cm³/mol. The number of aromatic carboxylic acids is 1. The van der Waals surface area contributed by atoms with E-state index >= 15 is 0 Å². The maximum Gasteiger partial charge on any atom is 0.335 e. The minimum atomic E-state index is -0.984. The number of hydrogen-bond acceptors (Lipinski definition) is 5. The summed E-state index contributed by atoms with van der Waals surface area (Å²) in [6.07, 6.45) is 1.46. The molecular weight excluding hydrogens is 272 g/mol. The van der Waals surface area contributed by atoms with Gasteiger partial charge >= 0.3 is 5.97 Å². The van der Waals surface area contributed by atoms with Gasteiger partial charge in [0.1, 0.15) is 17.3 Å². The van der Waals surface area contributed by atoms with E-state index in [1.165, 1.54) is 18.3 Å². The fourth-order valence-electron chi connectivity index (χ4n) is 1.84. The summed E-state index contributed by atoms with van der Waals surface area (Å²) in [5, 5.41) is 12.0. The van der Waals surface area contributed by atoms with Crippen LogP contribution in [0.5, 0.6) is 11.5 Å². The minimum absolute atomic E-state index is 0.189. The van der Waals surface area contributed by atoms with Gasteiger partial charge in [-0.25, -0.2) is 9.78 Å². The Bertz CT molecular complexity index is 643. The first-order valence-corrected chi connectivity index (χ1v) is 6.28. The smallest absolute Gasteiger partial charge is 0.335 e. The van der Waals surface area contributed by atoms with Crippen LogP contribution in [0.4, 0.5) is 5.82 Å². The lowest BCUT2D eigenvalue weighted by molar-refractivity contribution is 0.0697. The molecule has 0 radical (unpaired) electrons. The Kier molecular flexibility index (Phi) is 4.61. The molecule has 0 fully saturated rings. The highest BCUT2D eigenvalue weighted by Crippen LogP contribution is 2.25. The van der Waals surface area contributed by atoms with Crippen LogP contribution in [-0.4, -0.2) is 30.3 Å². The van der Waals surface area contributed by atoms with E-state index in [0.717, 1.165) is 5.56 Å². The topological polar surface area (TPSA) is 80.7 Å². The van der Waals surface area contributed by atoms with Gasteiger partial charge in [-0.15, -0.1) is 0 Å². The van der Waals surface area contributed by atoms with E-state index in [4.69, 9.17) is 14.6 Å². The molecule has 0 unspecified atom stereocenters. The van der Waals surface area contributed by atoms with Crippen molar-refractivity contribution in [2.75, 3.05) is 19.5 Å². The lowest BCUT2D eigenvalue weighted by Crippen LogP contribution is -2.05. The second-order valence-electron chi connectivity index (χ2n) is 4.27. The zero-order valence-electron chi connectivity index (χ0n) is 11.8. The van der Waals surface area contributed by atoms with Crippen LogP contribution >= 0.6 is 0 Å². The van der Waals surface area contributed by atoms with Crippen LogP contribution in [0.25, 0.3) is 0 Å². The van der Waals surface area contributed by atoms with Gasteiger partial charge in [0, 0.05) is 24.4 Å². The summed E-state index contributed by atoms with van der Waals surface area (Å²) in [7, 11) is 3.18. The molecule has 0 amide bonds. The van der Waals surface area contributed by atoms with Crippen molar-refractivity contribution in [3.05, 3.63) is 47.7 Å². The molecule has 6 nitrogen and oxygen atoms in total. The number of nitrogens with zero attached hydrogens (tertiary/aromatic N) is 1. The highest BCUT2D eigenvalue weighted by molar-refractivity contribution is 5.88. The average molecular weight is 288 g/mol.